The summed E-state index contributed by atoms with van der Waals surface area (Å²) in [6.45, 7) is 7.16. The van der Waals surface area contributed by atoms with E-state index in [1.807, 2.05) is 0 Å². The maximum atomic E-state index is 6.23. The van der Waals surface area contributed by atoms with Crippen LogP contribution in [0.4, 0.5) is 0 Å². The van der Waals surface area contributed by atoms with E-state index in [0.29, 0.717) is 11.5 Å². The van der Waals surface area contributed by atoms with Gasteiger partial charge in [0.1, 0.15) is 0 Å². The van der Waals surface area contributed by atoms with Crippen LogP contribution in [0.25, 0.3) is 0 Å². The van der Waals surface area contributed by atoms with Crippen molar-refractivity contribution in [3.63, 3.8) is 0 Å². The van der Waals surface area contributed by atoms with Gasteiger partial charge >= 0.3 is 0 Å². The van der Waals surface area contributed by atoms with E-state index in [0.717, 1.165) is 17.8 Å². The quantitative estimate of drug-likeness (QED) is 0.683. The summed E-state index contributed by atoms with van der Waals surface area (Å²) in [6, 6.07) is 0.515. The molecule has 0 radical (unpaired) electrons. The van der Waals surface area contributed by atoms with E-state index in [1.54, 1.807) is 0 Å². The Kier molecular flexibility index (Phi) is 2.63. The van der Waals surface area contributed by atoms with E-state index < -0.39 is 0 Å². The van der Waals surface area contributed by atoms with E-state index in [-0.39, 0.29) is 0 Å². The first-order chi connectivity index (χ1) is 6.48. The second kappa shape index (κ2) is 3.52. The van der Waals surface area contributed by atoms with E-state index in [1.165, 1.54) is 32.1 Å². The number of rotatable bonds is 1. The van der Waals surface area contributed by atoms with Crippen LogP contribution in [0, 0.1) is 23.2 Å². The summed E-state index contributed by atoms with van der Waals surface area (Å²) in [5.41, 5.74) is 6.72. The van der Waals surface area contributed by atoms with Crippen molar-refractivity contribution < 1.29 is 0 Å². The molecule has 0 aromatic carbocycles. The van der Waals surface area contributed by atoms with Crippen LogP contribution in [0.2, 0.25) is 0 Å². The lowest BCUT2D eigenvalue weighted by molar-refractivity contribution is 0.116. The summed E-state index contributed by atoms with van der Waals surface area (Å²) in [5, 5.41) is 0. The molecule has 2 saturated carbocycles. The van der Waals surface area contributed by atoms with Gasteiger partial charge in [-0.05, 0) is 55.3 Å². The molecule has 0 aliphatic heterocycles. The molecular formula is C13H25N. The topological polar surface area (TPSA) is 26.0 Å². The number of hydrogen-bond acceptors (Lipinski definition) is 1. The van der Waals surface area contributed by atoms with Crippen LogP contribution in [-0.2, 0) is 0 Å². The van der Waals surface area contributed by atoms with Crippen LogP contribution in [0.5, 0.6) is 0 Å². The molecule has 2 aliphatic carbocycles. The Bertz CT molecular complexity index is 200. The highest BCUT2D eigenvalue weighted by Gasteiger charge is 2.41. The highest BCUT2D eigenvalue weighted by molar-refractivity contribution is 4.94. The van der Waals surface area contributed by atoms with Crippen LogP contribution < -0.4 is 5.73 Å². The Labute approximate surface area is 88.4 Å². The van der Waals surface area contributed by atoms with Crippen molar-refractivity contribution in [2.75, 3.05) is 0 Å². The van der Waals surface area contributed by atoms with Crippen molar-refractivity contribution in [2.45, 2.75) is 58.9 Å². The molecule has 2 N–H and O–H groups in total. The molecule has 3 unspecified atom stereocenters. The smallest absolute Gasteiger partial charge is 0.00700 e. The van der Waals surface area contributed by atoms with Crippen molar-refractivity contribution in [2.24, 2.45) is 28.9 Å². The van der Waals surface area contributed by atoms with Crippen molar-refractivity contribution >= 4 is 0 Å². The van der Waals surface area contributed by atoms with Gasteiger partial charge in [-0.2, -0.15) is 0 Å². The Morgan fingerprint density at radius 1 is 1.00 bits per heavy atom. The minimum atomic E-state index is 0.493. The fourth-order valence-electron chi connectivity index (χ4n) is 3.08. The first kappa shape index (κ1) is 10.5. The van der Waals surface area contributed by atoms with Crippen LogP contribution >= 0.6 is 0 Å². The highest BCUT2D eigenvalue weighted by atomic mass is 14.7. The van der Waals surface area contributed by atoms with Gasteiger partial charge in [-0.1, -0.05) is 20.8 Å². The maximum absolute atomic E-state index is 6.23. The zero-order valence-corrected chi connectivity index (χ0v) is 9.92. The van der Waals surface area contributed by atoms with Gasteiger partial charge in [0.25, 0.3) is 0 Å². The molecule has 14 heavy (non-hydrogen) atoms. The van der Waals surface area contributed by atoms with Crippen molar-refractivity contribution in [3.8, 4) is 0 Å². The summed E-state index contributed by atoms with van der Waals surface area (Å²) in [6.07, 6.45) is 6.93. The Morgan fingerprint density at radius 3 is 2.14 bits per heavy atom. The molecule has 0 saturated heterocycles. The second-order valence-corrected chi connectivity index (χ2v) is 6.54. The van der Waals surface area contributed by atoms with Crippen LogP contribution in [0.1, 0.15) is 52.9 Å². The van der Waals surface area contributed by atoms with Gasteiger partial charge in [0.15, 0.2) is 0 Å². The zero-order valence-electron chi connectivity index (χ0n) is 9.92. The largest absolute Gasteiger partial charge is 0.327 e. The number of hydrogen-bond donors (Lipinski definition) is 1. The van der Waals surface area contributed by atoms with Crippen molar-refractivity contribution in [1.29, 1.82) is 0 Å². The van der Waals surface area contributed by atoms with Gasteiger partial charge < -0.3 is 5.73 Å². The molecule has 0 aromatic heterocycles. The minimum absolute atomic E-state index is 0.493. The van der Waals surface area contributed by atoms with Crippen molar-refractivity contribution in [3.05, 3.63) is 0 Å². The molecule has 3 atom stereocenters. The van der Waals surface area contributed by atoms with Gasteiger partial charge in [-0.25, -0.2) is 0 Å². The van der Waals surface area contributed by atoms with Crippen LogP contribution in [-0.4, -0.2) is 6.04 Å². The molecular weight excluding hydrogens is 170 g/mol. The van der Waals surface area contributed by atoms with Crippen LogP contribution in [0.15, 0.2) is 0 Å². The predicted molar refractivity (Wildman–Crippen MR) is 61.0 cm³/mol. The molecule has 0 bridgehead atoms. The summed E-state index contributed by atoms with van der Waals surface area (Å²) in [5.74, 6) is 2.76. The molecule has 2 fully saturated rings. The highest BCUT2D eigenvalue weighted by Crippen LogP contribution is 2.48. The van der Waals surface area contributed by atoms with Gasteiger partial charge in [-0.15, -0.1) is 0 Å². The maximum Gasteiger partial charge on any atom is 0.00700 e. The molecule has 2 rings (SSSR count). The SMILES string of the molecule is CC(C)(C)C1CCC(N)C(C2CC2)C1. The lowest BCUT2D eigenvalue weighted by Crippen LogP contribution is -2.40. The third-order valence-corrected chi connectivity index (χ3v) is 4.41. The molecule has 2 aliphatic rings. The summed E-state index contributed by atoms with van der Waals surface area (Å²) in [4.78, 5) is 0. The van der Waals surface area contributed by atoms with E-state index in [2.05, 4.69) is 20.8 Å². The Morgan fingerprint density at radius 2 is 1.64 bits per heavy atom. The summed E-state index contributed by atoms with van der Waals surface area (Å²) >= 11 is 0. The van der Waals surface area contributed by atoms with E-state index >= 15 is 0 Å². The second-order valence-electron chi connectivity index (χ2n) is 6.54. The normalized spacial score (nSPS) is 39.9. The minimum Gasteiger partial charge on any atom is -0.327 e. The summed E-state index contributed by atoms with van der Waals surface area (Å²) in [7, 11) is 0. The molecule has 0 spiro atoms. The third kappa shape index (κ3) is 2.13. The lowest BCUT2D eigenvalue weighted by Gasteiger charge is -2.41. The van der Waals surface area contributed by atoms with Gasteiger partial charge in [0.05, 0.1) is 0 Å². The van der Waals surface area contributed by atoms with Gasteiger partial charge in [-0.3, -0.25) is 0 Å². The Balaban J connectivity index is 1.98. The van der Waals surface area contributed by atoms with Gasteiger partial charge in [0.2, 0.25) is 0 Å². The fraction of sp³-hybridized carbons (Fsp3) is 1.00. The standard InChI is InChI=1S/C13H25N/c1-13(2,3)10-6-7-12(14)11(8-10)9-4-5-9/h9-12H,4-8,14H2,1-3H3. The average molecular weight is 195 g/mol. The lowest BCUT2D eigenvalue weighted by atomic mass is 9.66. The zero-order chi connectivity index (χ0) is 10.3. The molecule has 1 nitrogen and oxygen atoms in total. The molecule has 82 valence electrons. The van der Waals surface area contributed by atoms with Crippen molar-refractivity contribution in [1.82, 2.24) is 0 Å². The molecule has 0 aromatic rings. The Hall–Kier alpha value is -0.0400. The first-order valence-corrected chi connectivity index (χ1v) is 6.24. The molecule has 1 heteroatoms. The first-order valence-electron chi connectivity index (χ1n) is 6.24. The van der Waals surface area contributed by atoms with E-state index in [4.69, 9.17) is 5.73 Å². The summed E-state index contributed by atoms with van der Waals surface area (Å²) < 4.78 is 0. The number of nitrogens with two attached hydrogens (primary N) is 1. The van der Waals surface area contributed by atoms with Crippen LogP contribution in [0.3, 0.4) is 0 Å². The predicted octanol–water partition coefficient (Wildman–Crippen LogP) is 3.19. The average Bonchev–Trinajstić information content (AvgIpc) is 2.85. The fourth-order valence-corrected chi connectivity index (χ4v) is 3.08. The van der Waals surface area contributed by atoms with E-state index in [9.17, 15) is 0 Å². The third-order valence-electron chi connectivity index (χ3n) is 4.41. The monoisotopic (exact) mass is 195 g/mol. The molecule has 0 amide bonds. The van der Waals surface area contributed by atoms with Gasteiger partial charge in [0, 0.05) is 6.04 Å². The molecule has 0 heterocycles.